The van der Waals surface area contributed by atoms with Gasteiger partial charge in [-0.1, -0.05) is 17.7 Å². The molecule has 1 aliphatic rings. The van der Waals surface area contributed by atoms with Crippen LogP contribution in [-0.2, 0) is 0 Å². The average Bonchev–Trinajstić information content (AvgIpc) is 2.83. The van der Waals surface area contributed by atoms with Crippen LogP contribution in [0.3, 0.4) is 0 Å². The fourth-order valence-corrected chi connectivity index (χ4v) is 2.79. The Kier molecular flexibility index (Phi) is 2.15. The van der Waals surface area contributed by atoms with Crippen LogP contribution in [0.2, 0.25) is 5.02 Å². The summed E-state index contributed by atoms with van der Waals surface area (Å²) in [5.41, 5.74) is 2.15. The normalized spacial score (nSPS) is 13.4. The quantitative estimate of drug-likeness (QED) is 0.539. The number of carbonyl (C=O) groups is 2. The van der Waals surface area contributed by atoms with E-state index in [1.807, 2.05) is 0 Å². The lowest BCUT2D eigenvalue weighted by Gasteiger charge is -2.13. The van der Waals surface area contributed by atoms with Crippen LogP contribution in [0.1, 0.15) is 32.0 Å². The zero-order chi connectivity index (χ0) is 13.9. The van der Waals surface area contributed by atoms with Crippen molar-refractivity contribution in [1.29, 1.82) is 0 Å². The molecule has 1 aliphatic carbocycles. The van der Waals surface area contributed by atoms with Gasteiger partial charge in [0, 0.05) is 33.9 Å². The minimum atomic E-state index is -0.190. The molecule has 3 aromatic rings. The maximum atomic E-state index is 12.6. The van der Waals surface area contributed by atoms with E-state index >= 15 is 0 Å². The van der Waals surface area contributed by atoms with E-state index in [-0.39, 0.29) is 11.6 Å². The zero-order valence-electron chi connectivity index (χ0n) is 10.1. The van der Waals surface area contributed by atoms with Crippen LogP contribution < -0.4 is 0 Å². The summed E-state index contributed by atoms with van der Waals surface area (Å²) in [5, 5.41) is 1.26. The molecule has 0 radical (unpaired) electrons. The molecule has 0 amide bonds. The fraction of sp³-hybridized carbons (Fsp3) is 0. The Hall–Kier alpha value is -2.46. The lowest BCUT2D eigenvalue weighted by atomic mass is 9.88. The van der Waals surface area contributed by atoms with Gasteiger partial charge in [-0.2, -0.15) is 0 Å². The number of benzene rings is 1. The predicted octanol–water partition coefficient (Wildman–Crippen LogP) is 2.99. The minimum Gasteiger partial charge on any atom is -0.351 e. The Morgan fingerprint density at radius 3 is 2.75 bits per heavy atom. The number of aromatic nitrogens is 2. The van der Waals surface area contributed by atoms with Gasteiger partial charge in [0.1, 0.15) is 0 Å². The number of pyridine rings is 1. The molecule has 4 rings (SSSR count). The van der Waals surface area contributed by atoms with E-state index in [2.05, 4.69) is 9.97 Å². The largest absolute Gasteiger partial charge is 0.351 e. The summed E-state index contributed by atoms with van der Waals surface area (Å²) in [5.74, 6) is -0.374. The van der Waals surface area contributed by atoms with E-state index in [4.69, 9.17) is 11.6 Å². The van der Waals surface area contributed by atoms with Gasteiger partial charge in [-0.3, -0.25) is 14.6 Å². The third-order valence-electron chi connectivity index (χ3n) is 3.53. The second-order valence-corrected chi connectivity index (χ2v) is 5.08. The summed E-state index contributed by atoms with van der Waals surface area (Å²) in [4.78, 5) is 32.0. The van der Waals surface area contributed by atoms with Gasteiger partial charge in [-0.25, -0.2) is 0 Å². The van der Waals surface area contributed by atoms with Gasteiger partial charge in [0.05, 0.1) is 16.8 Å². The highest BCUT2D eigenvalue weighted by Gasteiger charge is 2.33. The van der Waals surface area contributed by atoms with E-state index in [0.29, 0.717) is 38.3 Å². The number of H-pyrrole nitrogens is 1. The molecule has 0 fully saturated rings. The second-order valence-electron chi connectivity index (χ2n) is 4.64. The molecule has 0 unspecified atom stereocenters. The molecule has 96 valence electrons. The number of aromatic amines is 1. The number of carbonyl (C=O) groups excluding carboxylic acids is 2. The van der Waals surface area contributed by atoms with Crippen LogP contribution in [0.5, 0.6) is 0 Å². The lowest BCUT2D eigenvalue weighted by molar-refractivity contribution is 0.0977. The second kappa shape index (κ2) is 3.77. The van der Waals surface area contributed by atoms with Crippen LogP contribution in [0, 0.1) is 0 Å². The van der Waals surface area contributed by atoms with Crippen molar-refractivity contribution in [3.05, 3.63) is 64.1 Å². The molecule has 2 heterocycles. The monoisotopic (exact) mass is 282 g/mol. The Bertz CT molecular complexity index is 911. The topological polar surface area (TPSA) is 62.8 Å². The van der Waals surface area contributed by atoms with Crippen molar-refractivity contribution in [2.75, 3.05) is 0 Å². The first-order valence-electron chi connectivity index (χ1n) is 6.01. The molecule has 1 N–H and O–H groups in total. The van der Waals surface area contributed by atoms with Crippen LogP contribution in [0.15, 0.2) is 36.7 Å². The van der Waals surface area contributed by atoms with Crippen molar-refractivity contribution in [2.45, 2.75) is 0 Å². The molecule has 0 saturated heterocycles. The molecule has 0 bridgehead atoms. The third-order valence-corrected chi connectivity index (χ3v) is 3.76. The van der Waals surface area contributed by atoms with Crippen molar-refractivity contribution >= 4 is 34.1 Å². The van der Waals surface area contributed by atoms with E-state index in [1.165, 1.54) is 12.4 Å². The van der Waals surface area contributed by atoms with Gasteiger partial charge in [0.25, 0.3) is 0 Å². The molecular formula is C15H7ClN2O2. The first-order valence-corrected chi connectivity index (χ1v) is 6.39. The summed E-state index contributed by atoms with van der Waals surface area (Å²) in [6.07, 6.45) is 2.95. The van der Waals surface area contributed by atoms with Gasteiger partial charge in [0.15, 0.2) is 5.78 Å². The first-order chi connectivity index (χ1) is 9.66. The van der Waals surface area contributed by atoms with E-state index in [9.17, 15) is 9.59 Å². The molecule has 1 aromatic carbocycles. The first kappa shape index (κ1) is 11.4. The lowest BCUT2D eigenvalue weighted by Crippen LogP contribution is -2.20. The van der Waals surface area contributed by atoms with Gasteiger partial charge in [0.2, 0.25) is 5.78 Å². The fourth-order valence-electron chi connectivity index (χ4n) is 2.62. The number of nitrogens with one attached hydrogen (secondary N) is 1. The number of hydrogen-bond donors (Lipinski definition) is 1. The van der Waals surface area contributed by atoms with E-state index in [1.54, 1.807) is 24.3 Å². The SMILES string of the molecule is O=C1c2ccncc2C(=O)c2c1[nH]c1cc(Cl)ccc21. The number of hydrogen-bond acceptors (Lipinski definition) is 3. The van der Waals surface area contributed by atoms with Crippen molar-refractivity contribution in [3.8, 4) is 0 Å². The maximum absolute atomic E-state index is 12.6. The molecule has 20 heavy (non-hydrogen) atoms. The van der Waals surface area contributed by atoms with Crippen molar-refractivity contribution in [2.24, 2.45) is 0 Å². The molecule has 2 aromatic heterocycles. The number of rotatable bonds is 0. The predicted molar refractivity (Wildman–Crippen MR) is 74.4 cm³/mol. The number of halogens is 1. The zero-order valence-corrected chi connectivity index (χ0v) is 10.9. The van der Waals surface area contributed by atoms with Crippen LogP contribution in [0.4, 0.5) is 0 Å². The molecule has 0 atom stereocenters. The van der Waals surface area contributed by atoms with Crippen LogP contribution in [-0.4, -0.2) is 21.5 Å². The highest BCUT2D eigenvalue weighted by molar-refractivity contribution is 6.34. The molecule has 0 spiro atoms. The van der Waals surface area contributed by atoms with Gasteiger partial charge in [-0.15, -0.1) is 0 Å². The number of fused-ring (bicyclic) bond motifs is 4. The van der Waals surface area contributed by atoms with Gasteiger partial charge < -0.3 is 4.98 Å². The standard InChI is InChI=1S/C15H7ClN2O2/c16-7-1-2-9-11(5-7)18-13-12(9)14(19)10-6-17-4-3-8(10)15(13)20/h1-6,18H. The molecule has 0 saturated carbocycles. The number of ketones is 2. The smallest absolute Gasteiger partial charge is 0.210 e. The van der Waals surface area contributed by atoms with Gasteiger partial charge >= 0.3 is 0 Å². The minimum absolute atomic E-state index is 0.184. The van der Waals surface area contributed by atoms with Crippen LogP contribution in [0.25, 0.3) is 10.9 Å². The van der Waals surface area contributed by atoms with Gasteiger partial charge in [-0.05, 0) is 18.2 Å². The van der Waals surface area contributed by atoms with E-state index < -0.39 is 0 Å². The Labute approximate surface area is 118 Å². The van der Waals surface area contributed by atoms with Crippen molar-refractivity contribution in [3.63, 3.8) is 0 Å². The highest BCUT2D eigenvalue weighted by Crippen LogP contribution is 2.33. The van der Waals surface area contributed by atoms with Crippen molar-refractivity contribution < 1.29 is 9.59 Å². The summed E-state index contributed by atoms with van der Waals surface area (Å²) in [6, 6.07) is 6.73. The molecule has 5 heteroatoms. The number of nitrogens with zero attached hydrogens (tertiary/aromatic N) is 1. The summed E-state index contributed by atoms with van der Waals surface area (Å²) < 4.78 is 0. The van der Waals surface area contributed by atoms with Crippen LogP contribution >= 0.6 is 11.6 Å². The molecule has 4 nitrogen and oxygen atoms in total. The Morgan fingerprint density at radius 2 is 1.90 bits per heavy atom. The molecule has 0 aliphatic heterocycles. The summed E-state index contributed by atoms with van der Waals surface area (Å²) in [7, 11) is 0. The molecular weight excluding hydrogens is 276 g/mol. The maximum Gasteiger partial charge on any atom is 0.210 e. The Balaban J connectivity index is 2.11. The summed E-state index contributed by atoms with van der Waals surface area (Å²) >= 11 is 5.94. The highest BCUT2D eigenvalue weighted by atomic mass is 35.5. The summed E-state index contributed by atoms with van der Waals surface area (Å²) in [6.45, 7) is 0. The third kappa shape index (κ3) is 1.34. The average molecular weight is 283 g/mol. The van der Waals surface area contributed by atoms with Crippen molar-refractivity contribution in [1.82, 2.24) is 9.97 Å². The Morgan fingerprint density at radius 1 is 1.05 bits per heavy atom. The van der Waals surface area contributed by atoms with E-state index in [0.717, 1.165) is 0 Å².